The van der Waals surface area contributed by atoms with Crippen LogP contribution in [-0.2, 0) is 27.7 Å². The third-order valence-corrected chi connectivity index (χ3v) is 5.77. The molecule has 7 nitrogen and oxygen atoms in total. The molecule has 0 fully saturated rings. The molecule has 3 N–H and O–H groups in total. The fraction of sp³-hybridized carbons (Fsp3) is 0.316. The molecule has 0 spiro atoms. The molecule has 0 aliphatic carbocycles. The number of ether oxygens (including phenoxy) is 2. The van der Waals surface area contributed by atoms with Crippen LogP contribution in [-0.4, -0.2) is 33.6 Å². The van der Waals surface area contributed by atoms with Crippen LogP contribution in [0.4, 0.5) is 0 Å². The van der Waals surface area contributed by atoms with Gasteiger partial charge in [0.25, 0.3) is 5.91 Å². The Bertz CT molecular complexity index is 926. The van der Waals surface area contributed by atoms with Crippen LogP contribution in [0.5, 0.6) is 11.5 Å². The molecule has 8 heteroatoms. The summed E-state index contributed by atoms with van der Waals surface area (Å²) in [5.74, 6) is 0.687. The minimum absolute atomic E-state index is 0.128. The maximum Gasteiger partial charge on any atom is 0.255 e. The average Bonchev–Trinajstić information content (AvgIpc) is 3.07. The van der Waals surface area contributed by atoms with Gasteiger partial charge in [0, 0.05) is 12.5 Å². The van der Waals surface area contributed by atoms with Crippen molar-refractivity contribution in [3.63, 3.8) is 0 Å². The van der Waals surface area contributed by atoms with E-state index in [2.05, 4.69) is 10.8 Å². The largest absolute Gasteiger partial charge is 0.493 e. The zero-order valence-corrected chi connectivity index (χ0v) is 15.8. The van der Waals surface area contributed by atoms with Crippen LogP contribution in [0.1, 0.15) is 18.1 Å². The number of benzene rings is 2. The standard InChI is InChI=1S/C19H22N2O5S/c1-13(10-14-2-7-18-15(11-14)8-9-25-18)21-27(23,24)17-5-3-16(4-6-17)26-12-19(20)22/h2-7,11,13,21H,8-10,12H2,1H3,(H2,20,22)/t13-/m0/s1. The van der Waals surface area contributed by atoms with E-state index in [4.69, 9.17) is 15.2 Å². The van der Waals surface area contributed by atoms with E-state index in [0.29, 0.717) is 18.8 Å². The number of rotatable bonds is 8. The van der Waals surface area contributed by atoms with Gasteiger partial charge in [-0.3, -0.25) is 4.79 Å². The molecule has 0 saturated carbocycles. The molecular formula is C19H22N2O5S. The van der Waals surface area contributed by atoms with E-state index in [0.717, 1.165) is 23.3 Å². The normalized spacial score (nSPS) is 14.3. The molecule has 0 bridgehead atoms. The minimum Gasteiger partial charge on any atom is -0.493 e. The van der Waals surface area contributed by atoms with Gasteiger partial charge >= 0.3 is 0 Å². The Balaban J connectivity index is 1.62. The van der Waals surface area contributed by atoms with Crippen molar-refractivity contribution in [2.24, 2.45) is 5.73 Å². The van der Waals surface area contributed by atoms with E-state index in [1.54, 1.807) is 0 Å². The molecule has 2 aromatic carbocycles. The van der Waals surface area contributed by atoms with Crippen molar-refractivity contribution >= 4 is 15.9 Å². The van der Waals surface area contributed by atoms with Crippen LogP contribution in [0.15, 0.2) is 47.4 Å². The molecular weight excluding hydrogens is 368 g/mol. The summed E-state index contributed by atoms with van der Waals surface area (Å²) >= 11 is 0. The third-order valence-electron chi connectivity index (χ3n) is 4.17. The smallest absolute Gasteiger partial charge is 0.255 e. The predicted octanol–water partition coefficient (Wildman–Crippen LogP) is 1.40. The van der Waals surface area contributed by atoms with Crippen molar-refractivity contribution in [2.75, 3.05) is 13.2 Å². The quantitative estimate of drug-likeness (QED) is 0.708. The second-order valence-corrected chi connectivity index (χ2v) is 8.21. The fourth-order valence-corrected chi connectivity index (χ4v) is 4.21. The van der Waals surface area contributed by atoms with Gasteiger partial charge in [0.2, 0.25) is 10.0 Å². The molecule has 2 aromatic rings. The van der Waals surface area contributed by atoms with Crippen molar-refractivity contribution in [2.45, 2.75) is 30.7 Å². The van der Waals surface area contributed by atoms with Crippen molar-refractivity contribution in [3.8, 4) is 11.5 Å². The summed E-state index contributed by atoms with van der Waals surface area (Å²) in [4.78, 5) is 10.8. The van der Waals surface area contributed by atoms with Crippen LogP contribution < -0.4 is 19.9 Å². The van der Waals surface area contributed by atoms with E-state index in [-0.39, 0.29) is 17.5 Å². The van der Waals surface area contributed by atoms with Gasteiger partial charge in [0.1, 0.15) is 11.5 Å². The lowest BCUT2D eigenvalue weighted by atomic mass is 10.0. The maximum atomic E-state index is 12.6. The first-order chi connectivity index (χ1) is 12.8. The Kier molecular flexibility index (Phi) is 5.67. The number of hydrogen-bond acceptors (Lipinski definition) is 5. The number of carbonyl (C=O) groups is 1. The highest BCUT2D eigenvalue weighted by Crippen LogP contribution is 2.26. The Morgan fingerprint density at radius 1 is 1.26 bits per heavy atom. The van der Waals surface area contributed by atoms with Gasteiger partial charge < -0.3 is 15.2 Å². The summed E-state index contributed by atoms with van der Waals surface area (Å²) in [6, 6.07) is 11.5. The first-order valence-electron chi connectivity index (χ1n) is 8.61. The Morgan fingerprint density at radius 2 is 2.00 bits per heavy atom. The number of primary amides is 1. The second-order valence-electron chi connectivity index (χ2n) is 6.49. The molecule has 144 valence electrons. The molecule has 1 amide bonds. The first-order valence-corrected chi connectivity index (χ1v) is 10.1. The van der Waals surface area contributed by atoms with Gasteiger partial charge in [-0.2, -0.15) is 0 Å². The summed E-state index contributed by atoms with van der Waals surface area (Å²) < 4.78 is 38.4. The number of hydrogen-bond donors (Lipinski definition) is 2. The zero-order chi connectivity index (χ0) is 19.4. The summed E-state index contributed by atoms with van der Waals surface area (Å²) in [7, 11) is -3.66. The van der Waals surface area contributed by atoms with Crippen molar-refractivity contribution in [3.05, 3.63) is 53.6 Å². The van der Waals surface area contributed by atoms with Crippen molar-refractivity contribution in [1.82, 2.24) is 4.72 Å². The molecule has 3 rings (SSSR count). The van der Waals surface area contributed by atoms with Crippen LogP contribution in [0, 0.1) is 0 Å². The van der Waals surface area contributed by atoms with Crippen LogP contribution >= 0.6 is 0 Å². The van der Waals surface area contributed by atoms with E-state index in [1.165, 1.54) is 24.3 Å². The predicted molar refractivity (Wildman–Crippen MR) is 100 cm³/mol. The molecule has 1 heterocycles. The monoisotopic (exact) mass is 390 g/mol. The van der Waals surface area contributed by atoms with Crippen molar-refractivity contribution < 1.29 is 22.7 Å². The topological polar surface area (TPSA) is 108 Å². The highest BCUT2D eigenvalue weighted by atomic mass is 32.2. The minimum atomic E-state index is -3.66. The second kappa shape index (κ2) is 7.98. The van der Waals surface area contributed by atoms with E-state index >= 15 is 0 Å². The molecule has 1 aliphatic heterocycles. The molecule has 1 aliphatic rings. The van der Waals surface area contributed by atoms with Crippen LogP contribution in [0.3, 0.4) is 0 Å². The number of fused-ring (bicyclic) bond motifs is 1. The zero-order valence-electron chi connectivity index (χ0n) is 15.0. The lowest BCUT2D eigenvalue weighted by Gasteiger charge is -2.15. The van der Waals surface area contributed by atoms with E-state index < -0.39 is 15.9 Å². The highest BCUT2D eigenvalue weighted by molar-refractivity contribution is 7.89. The molecule has 27 heavy (non-hydrogen) atoms. The molecule has 0 aromatic heterocycles. The number of amides is 1. The van der Waals surface area contributed by atoms with Crippen molar-refractivity contribution in [1.29, 1.82) is 0 Å². The molecule has 0 radical (unpaired) electrons. The first kappa shape index (κ1) is 19.2. The number of carbonyl (C=O) groups excluding carboxylic acids is 1. The van der Waals surface area contributed by atoms with Gasteiger partial charge in [0.05, 0.1) is 11.5 Å². The van der Waals surface area contributed by atoms with E-state index in [1.807, 2.05) is 19.1 Å². The average molecular weight is 390 g/mol. The van der Waals surface area contributed by atoms with Crippen LogP contribution in [0.25, 0.3) is 0 Å². The molecule has 0 saturated heterocycles. The lowest BCUT2D eigenvalue weighted by molar-refractivity contribution is -0.119. The van der Waals surface area contributed by atoms with Gasteiger partial charge in [-0.05, 0) is 54.8 Å². The van der Waals surface area contributed by atoms with Crippen LogP contribution in [0.2, 0.25) is 0 Å². The number of nitrogens with one attached hydrogen (secondary N) is 1. The Hall–Kier alpha value is -2.58. The third kappa shape index (κ3) is 4.99. The van der Waals surface area contributed by atoms with Gasteiger partial charge in [-0.15, -0.1) is 0 Å². The maximum absolute atomic E-state index is 12.6. The Morgan fingerprint density at radius 3 is 2.70 bits per heavy atom. The lowest BCUT2D eigenvalue weighted by Crippen LogP contribution is -2.34. The van der Waals surface area contributed by atoms with Gasteiger partial charge in [-0.25, -0.2) is 13.1 Å². The van der Waals surface area contributed by atoms with Gasteiger partial charge in [0.15, 0.2) is 6.61 Å². The molecule has 1 atom stereocenters. The Labute approximate surface area is 158 Å². The molecule has 0 unspecified atom stereocenters. The number of nitrogens with two attached hydrogens (primary N) is 1. The summed E-state index contributed by atoms with van der Waals surface area (Å²) in [5, 5.41) is 0. The SMILES string of the molecule is C[C@@H](Cc1ccc2c(c1)CCO2)NS(=O)(=O)c1ccc(OCC(N)=O)cc1. The summed E-state index contributed by atoms with van der Waals surface area (Å²) in [5.41, 5.74) is 7.23. The fourth-order valence-electron chi connectivity index (χ4n) is 2.96. The summed E-state index contributed by atoms with van der Waals surface area (Å²) in [6.45, 7) is 2.26. The van der Waals surface area contributed by atoms with Gasteiger partial charge in [-0.1, -0.05) is 12.1 Å². The highest BCUT2D eigenvalue weighted by Gasteiger charge is 2.19. The van der Waals surface area contributed by atoms with E-state index in [9.17, 15) is 13.2 Å². The number of sulfonamides is 1. The summed E-state index contributed by atoms with van der Waals surface area (Å²) in [6.07, 6.45) is 1.46.